The average molecular weight is 524 g/mol. The van der Waals surface area contributed by atoms with Gasteiger partial charge in [-0.3, -0.25) is 19.7 Å². The molecule has 1 aliphatic carbocycles. The van der Waals surface area contributed by atoms with Gasteiger partial charge in [0.05, 0.1) is 16.3 Å². The SMILES string of the molecule is O=C1C2=C(Nc3c(cc(Br)c4ccccc34)[C@]23C(=O)Nc2ccc([N+](=O)[O-])cc23)c2ccccc21. The molecule has 0 bridgehead atoms. The van der Waals surface area contributed by atoms with Gasteiger partial charge in [0.25, 0.3) is 5.69 Å². The molecule has 7 rings (SSSR count). The van der Waals surface area contributed by atoms with Crippen LogP contribution in [0.1, 0.15) is 27.0 Å². The highest BCUT2D eigenvalue weighted by Crippen LogP contribution is 2.59. The molecule has 2 aliphatic heterocycles. The standard InChI is InChI=1S/C27H14BrN3O4/c28-20-12-19-23(15-6-2-1-5-14(15)20)30-24-16-7-3-4-8-17(16)25(32)22(24)27(19)18-11-13(31(34)35)9-10-21(18)29-26(27)33/h1-12,30H,(H,29,33)/t27-/m0/s1. The molecule has 0 saturated heterocycles. The first-order valence-electron chi connectivity index (χ1n) is 10.9. The molecule has 3 aliphatic rings. The average Bonchev–Trinajstić information content (AvgIpc) is 3.31. The first kappa shape index (κ1) is 20.1. The van der Waals surface area contributed by atoms with E-state index in [1.54, 1.807) is 12.1 Å². The number of carbonyl (C=O) groups is 2. The van der Waals surface area contributed by atoms with Crippen LogP contribution in [0, 0.1) is 10.1 Å². The Labute approximate surface area is 206 Å². The summed E-state index contributed by atoms with van der Waals surface area (Å²) in [5.41, 5.74) is 2.45. The van der Waals surface area contributed by atoms with Crippen LogP contribution in [-0.2, 0) is 10.2 Å². The molecule has 0 unspecified atom stereocenters. The number of nitro groups is 1. The van der Waals surface area contributed by atoms with Gasteiger partial charge in [-0.15, -0.1) is 0 Å². The number of Topliss-reactive ketones (excluding diaryl/α,β-unsaturated/α-hetero) is 1. The van der Waals surface area contributed by atoms with E-state index in [9.17, 15) is 19.7 Å². The first-order valence-corrected chi connectivity index (χ1v) is 11.7. The third kappa shape index (κ3) is 2.34. The Morgan fingerprint density at radius 1 is 0.829 bits per heavy atom. The second-order valence-corrected chi connectivity index (χ2v) is 9.62. The van der Waals surface area contributed by atoms with Crippen LogP contribution >= 0.6 is 15.9 Å². The lowest BCUT2D eigenvalue weighted by Crippen LogP contribution is -2.43. The molecule has 4 aromatic carbocycles. The number of anilines is 2. The minimum absolute atomic E-state index is 0.148. The minimum atomic E-state index is -1.56. The molecule has 7 nitrogen and oxygen atoms in total. The number of rotatable bonds is 1. The lowest BCUT2D eigenvalue weighted by Gasteiger charge is -2.37. The van der Waals surface area contributed by atoms with E-state index in [2.05, 4.69) is 26.6 Å². The second-order valence-electron chi connectivity index (χ2n) is 8.77. The zero-order chi connectivity index (χ0) is 24.1. The molecule has 168 valence electrons. The molecule has 0 saturated carbocycles. The van der Waals surface area contributed by atoms with Gasteiger partial charge in [-0.25, -0.2) is 0 Å². The van der Waals surface area contributed by atoms with E-state index in [1.807, 2.05) is 42.5 Å². The van der Waals surface area contributed by atoms with Crippen molar-refractivity contribution in [3.8, 4) is 0 Å². The van der Waals surface area contributed by atoms with Crippen molar-refractivity contribution in [3.63, 3.8) is 0 Å². The van der Waals surface area contributed by atoms with Crippen LogP contribution in [-0.4, -0.2) is 16.6 Å². The highest BCUT2D eigenvalue weighted by Gasteiger charge is 2.59. The maximum absolute atomic E-state index is 14.0. The number of halogens is 1. The van der Waals surface area contributed by atoms with Crippen molar-refractivity contribution in [2.75, 3.05) is 10.6 Å². The fourth-order valence-corrected chi connectivity index (χ4v) is 6.28. The predicted octanol–water partition coefficient (Wildman–Crippen LogP) is 5.78. The van der Waals surface area contributed by atoms with Crippen molar-refractivity contribution >= 4 is 61.2 Å². The zero-order valence-corrected chi connectivity index (χ0v) is 19.5. The van der Waals surface area contributed by atoms with E-state index in [0.717, 1.165) is 15.2 Å². The molecule has 8 heteroatoms. The number of ketones is 1. The van der Waals surface area contributed by atoms with E-state index in [1.165, 1.54) is 18.2 Å². The smallest absolute Gasteiger partial charge is 0.269 e. The van der Waals surface area contributed by atoms with E-state index >= 15 is 0 Å². The van der Waals surface area contributed by atoms with Gasteiger partial charge in [0.15, 0.2) is 5.78 Å². The van der Waals surface area contributed by atoms with Crippen molar-refractivity contribution in [3.05, 3.63) is 115 Å². The Kier molecular flexibility index (Phi) is 3.81. The van der Waals surface area contributed by atoms with Crippen LogP contribution in [0.25, 0.3) is 16.5 Å². The van der Waals surface area contributed by atoms with E-state index < -0.39 is 16.2 Å². The lowest BCUT2D eigenvalue weighted by molar-refractivity contribution is -0.384. The van der Waals surface area contributed by atoms with Crippen LogP contribution in [0.5, 0.6) is 0 Å². The molecule has 1 atom stereocenters. The summed E-state index contributed by atoms with van der Waals surface area (Å²) in [6.45, 7) is 0. The van der Waals surface area contributed by atoms with Crippen molar-refractivity contribution < 1.29 is 14.5 Å². The fourth-order valence-electron chi connectivity index (χ4n) is 5.71. The van der Waals surface area contributed by atoms with Crippen LogP contribution in [0.3, 0.4) is 0 Å². The molecular formula is C27H14BrN3O4. The van der Waals surface area contributed by atoms with Crippen LogP contribution < -0.4 is 10.6 Å². The number of carbonyl (C=O) groups excluding carboxylic acids is 2. The van der Waals surface area contributed by atoms with Gasteiger partial charge in [-0.1, -0.05) is 64.5 Å². The van der Waals surface area contributed by atoms with Gasteiger partial charge < -0.3 is 10.6 Å². The Morgan fingerprint density at radius 2 is 1.54 bits per heavy atom. The van der Waals surface area contributed by atoms with Gasteiger partial charge in [-0.2, -0.15) is 0 Å². The number of nitrogens with one attached hydrogen (secondary N) is 2. The number of amides is 1. The maximum atomic E-state index is 14.0. The summed E-state index contributed by atoms with van der Waals surface area (Å²) in [4.78, 5) is 39.1. The van der Waals surface area contributed by atoms with Crippen molar-refractivity contribution in [2.45, 2.75) is 5.41 Å². The number of nitrogens with zero attached hydrogens (tertiary/aromatic N) is 1. The quantitative estimate of drug-likeness (QED) is 0.243. The number of hydrogen-bond acceptors (Lipinski definition) is 5. The van der Waals surface area contributed by atoms with Crippen molar-refractivity contribution in [1.29, 1.82) is 0 Å². The molecule has 0 fully saturated rings. The Hall–Kier alpha value is -4.30. The Bertz CT molecular complexity index is 1740. The minimum Gasteiger partial charge on any atom is -0.354 e. The summed E-state index contributed by atoms with van der Waals surface area (Å²) in [6, 6.07) is 21.1. The molecule has 35 heavy (non-hydrogen) atoms. The van der Waals surface area contributed by atoms with Gasteiger partial charge in [-0.05, 0) is 17.5 Å². The van der Waals surface area contributed by atoms with Crippen molar-refractivity contribution in [2.24, 2.45) is 0 Å². The van der Waals surface area contributed by atoms with E-state index in [0.29, 0.717) is 39.3 Å². The predicted molar refractivity (Wildman–Crippen MR) is 135 cm³/mol. The normalized spacial score (nSPS) is 19.2. The molecule has 0 radical (unpaired) electrons. The van der Waals surface area contributed by atoms with Crippen LogP contribution in [0.4, 0.5) is 17.1 Å². The van der Waals surface area contributed by atoms with Gasteiger partial charge >= 0.3 is 0 Å². The summed E-state index contributed by atoms with van der Waals surface area (Å²) in [5.74, 6) is -0.681. The Morgan fingerprint density at radius 3 is 2.31 bits per heavy atom. The maximum Gasteiger partial charge on any atom is 0.269 e. The third-order valence-corrected chi connectivity index (χ3v) is 7.80. The summed E-state index contributed by atoms with van der Waals surface area (Å²) in [5, 5.41) is 19.9. The number of non-ortho nitro benzene ring substituents is 1. The molecule has 4 aromatic rings. The van der Waals surface area contributed by atoms with Crippen molar-refractivity contribution in [1.82, 2.24) is 0 Å². The van der Waals surface area contributed by atoms with Gasteiger partial charge in [0.2, 0.25) is 5.91 Å². The fraction of sp³-hybridized carbons (Fsp3) is 0.0370. The van der Waals surface area contributed by atoms with Gasteiger partial charge in [0.1, 0.15) is 5.41 Å². The highest BCUT2D eigenvalue weighted by molar-refractivity contribution is 9.10. The summed E-state index contributed by atoms with van der Waals surface area (Å²) >= 11 is 3.65. The molecule has 2 N–H and O–H groups in total. The monoisotopic (exact) mass is 523 g/mol. The highest BCUT2D eigenvalue weighted by atomic mass is 79.9. The van der Waals surface area contributed by atoms with Crippen LogP contribution in [0.15, 0.2) is 82.8 Å². The Balaban J connectivity index is 1.68. The lowest BCUT2D eigenvalue weighted by atomic mass is 9.66. The molecule has 2 heterocycles. The first-order chi connectivity index (χ1) is 16.9. The summed E-state index contributed by atoms with van der Waals surface area (Å²) in [6.07, 6.45) is 0. The summed E-state index contributed by atoms with van der Waals surface area (Å²) in [7, 11) is 0. The number of nitro benzene ring substituents is 1. The third-order valence-electron chi connectivity index (χ3n) is 7.15. The second kappa shape index (κ2) is 6.64. The zero-order valence-electron chi connectivity index (χ0n) is 17.9. The largest absolute Gasteiger partial charge is 0.354 e. The molecular weight excluding hydrogens is 510 g/mol. The number of fused-ring (bicyclic) bond motifs is 9. The molecule has 1 spiro atoms. The van der Waals surface area contributed by atoms with E-state index in [-0.39, 0.29) is 17.0 Å². The van der Waals surface area contributed by atoms with E-state index in [4.69, 9.17) is 0 Å². The topological polar surface area (TPSA) is 101 Å². The molecule has 0 aromatic heterocycles. The van der Waals surface area contributed by atoms with Crippen LogP contribution in [0.2, 0.25) is 0 Å². The number of hydrogen-bond donors (Lipinski definition) is 2. The number of benzene rings is 4. The summed E-state index contributed by atoms with van der Waals surface area (Å²) < 4.78 is 0.756. The molecule has 1 amide bonds. The van der Waals surface area contributed by atoms with Gasteiger partial charge in [0, 0.05) is 55.5 Å².